The van der Waals surface area contributed by atoms with E-state index in [0.717, 1.165) is 61.9 Å². The highest BCUT2D eigenvalue weighted by Crippen LogP contribution is 2.28. The predicted molar refractivity (Wildman–Crippen MR) is 99.5 cm³/mol. The van der Waals surface area contributed by atoms with Gasteiger partial charge >= 0.3 is 5.97 Å². The van der Waals surface area contributed by atoms with Gasteiger partial charge in [0.05, 0.1) is 17.9 Å². The lowest BCUT2D eigenvalue weighted by atomic mass is 9.93. The summed E-state index contributed by atoms with van der Waals surface area (Å²) in [6.07, 6.45) is 2.28. The molecule has 0 unspecified atom stereocenters. The second-order valence-electron chi connectivity index (χ2n) is 6.74. The zero-order chi connectivity index (χ0) is 18.5. The van der Waals surface area contributed by atoms with Crippen LogP contribution in [0.1, 0.15) is 40.6 Å². The molecule has 1 aromatic heterocycles. The molecular weight excluding hydrogens is 330 g/mol. The van der Waals surface area contributed by atoms with Crippen molar-refractivity contribution in [3.05, 3.63) is 47.4 Å². The maximum absolute atomic E-state index is 11.0. The summed E-state index contributed by atoms with van der Waals surface area (Å²) < 4.78 is 5.20. The fourth-order valence-electron chi connectivity index (χ4n) is 3.45. The molecule has 0 spiro atoms. The van der Waals surface area contributed by atoms with Crippen LogP contribution in [0.2, 0.25) is 0 Å². The molecular formula is C20H25N3O3. The summed E-state index contributed by atoms with van der Waals surface area (Å²) >= 11 is 0. The number of methoxy groups -OCH3 is 1. The van der Waals surface area contributed by atoms with Crippen LogP contribution in [-0.4, -0.2) is 59.3 Å². The van der Waals surface area contributed by atoms with Crippen LogP contribution in [0.25, 0.3) is 11.3 Å². The molecule has 1 fully saturated rings. The Hall–Kier alpha value is -2.31. The van der Waals surface area contributed by atoms with Crippen molar-refractivity contribution in [2.45, 2.75) is 25.7 Å². The first-order chi connectivity index (χ1) is 12.6. The zero-order valence-electron chi connectivity index (χ0n) is 15.3. The molecule has 0 radical (unpaired) electrons. The highest BCUT2D eigenvalue weighted by Gasteiger charge is 2.23. The molecule has 26 heavy (non-hydrogen) atoms. The Kier molecular flexibility index (Phi) is 5.96. The molecule has 138 valence electrons. The van der Waals surface area contributed by atoms with E-state index in [1.54, 1.807) is 31.4 Å². The smallest absolute Gasteiger partial charge is 0.335 e. The number of ether oxygens (including phenoxy) is 1. The summed E-state index contributed by atoms with van der Waals surface area (Å²) in [5, 5.41) is 9.05. The molecule has 0 aliphatic carbocycles. The molecule has 6 nitrogen and oxygen atoms in total. The van der Waals surface area contributed by atoms with Crippen LogP contribution in [0.5, 0.6) is 0 Å². The first-order valence-electron chi connectivity index (χ1n) is 8.97. The second-order valence-corrected chi connectivity index (χ2v) is 6.74. The molecule has 6 heteroatoms. The van der Waals surface area contributed by atoms with Gasteiger partial charge in [0.25, 0.3) is 0 Å². The van der Waals surface area contributed by atoms with Gasteiger partial charge in [-0.3, -0.25) is 0 Å². The first kappa shape index (κ1) is 18.5. The minimum absolute atomic E-state index is 0.279. The van der Waals surface area contributed by atoms with E-state index in [-0.39, 0.29) is 5.56 Å². The van der Waals surface area contributed by atoms with E-state index in [1.807, 2.05) is 13.0 Å². The van der Waals surface area contributed by atoms with Crippen LogP contribution in [0.3, 0.4) is 0 Å². The van der Waals surface area contributed by atoms with Crippen LogP contribution in [0.4, 0.5) is 0 Å². The van der Waals surface area contributed by atoms with Crippen molar-refractivity contribution in [3.8, 4) is 11.3 Å². The molecule has 3 rings (SSSR count). The Morgan fingerprint density at radius 2 is 2.08 bits per heavy atom. The van der Waals surface area contributed by atoms with Gasteiger partial charge in [-0.2, -0.15) is 0 Å². The summed E-state index contributed by atoms with van der Waals surface area (Å²) in [6, 6.07) is 8.89. The molecule has 0 bridgehead atoms. The number of benzene rings is 1. The molecule has 1 saturated heterocycles. The summed E-state index contributed by atoms with van der Waals surface area (Å²) in [7, 11) is 1.73. The largest absolute Gasteiger partial charge is 0.478 e. The maximum Gasteiger partial charge on any atom is 0.335 e. The molecule has 2 aromatic rings. The Morgan fingerprint density at radius 3 is 2.77 bits per heavy atom. The summed E-state index contributed by atoms with van der Waals surface area (Å²) in [4.78, 5) is 22.7. The summed E-state index contributed by atoms with van der Waals surface area (Å²) in [6.45, 7) is 5.69. The van der Waals surface area contributed by atoms with E-state index in [1.165, 1.54) is 0 Å². The maximum atomic E-state index is 11.0. The Bertz CT molecular complexity index is 761. The third-order valence-corrected chi connectivity index (χ3v) is 4.82. The average molecular weight is 355 g/mol. The number of carboxylic acids is 1. The van der Waals surface area contributed by atoms with E-state index >= 15 is 0 Å². The van der Waals surface area contributed by atoms with Gasteiger partial charge in [0, 0.05) is 37.4 Å². The Balaban J connectivity index is 1.82. The van der Waals surface area contributed by atoms with Crippen LogP contribution < -0.4 is 0 Å². The number of aromatic carboxylic acids is 1. The van der Waals surface area contributed by atoms with Crippen molar-refractivity contribution in [2.24, 2.45) is 0 Å². The average Bonchev–Trinajstić information content (AvgIpc) is 2.66. The third-order valence-electron chi connectivity index (χ3n) is 4.82. The lowest BCUT2D eigenvalue weighted by Crippen LogP contribution is -2.36. The van der Waals surface area contributed by atoms with Crippen LogP contribution >= 0.6 is 0 Å². The first-order valence-corrected chi connectivity index (χ1v) is 8.97. The Morgan fingerprint density at radius 1 is 1.31 bits per heavy atom. The van der Waals surface area contributed by atoms with Gasteiger partial charge in [-0.15, -0.1) is 0 Å². The monoisotopic (exact) mass is 355 g/mol. The van der Waals surface area contributed by atoms with Gasteiger partial charge in [0.15, 0.2) is 0 Å². The topological polar surface area (TPSA) is 75.5 Å². The Labute approximate surface area is 153 Å². The molecule has 2 heterocycles. The van der Waals surface area contributed by atoms with Gasteiger partial charge in [0.2, 0.25) is 0 Å². The number of rotatable bonds is 6. The standard InChI is InChI=1S/C20H25N3O3/c1-14-21-18(15-5-7-16(8-6-15)20(24)25)12-19(22-14)17-4-3-9-23(13-17)10-11-26-2/h5-8,12,17H,3-4,9-11,13H2,1-2H3,(H,24,25)/t17-/m1/s1. The van der Waals surface area contributed by atoms with Crippen molar-refractivity contribution in [2.75, 3.05) is 33.4 Å². The van der Waals surface area contributed by atoms with E-state index in [0.29, 0.717) is 5.92 Å². The fraction of sp³-hybridized carbons (Fsp3) is 0.450. The lowest BCUT2D eigenvalue weighted by molar-refractivity contribution is 0.0697. The number of aromatic nitrogens is 2. The number of hydrogen-bond donors (Lipinski definition) is 1. The molecule has 1 N–H and O–H groups in total. The number of hydrogen-bond acceptors (Lipinski definition) is 5. The van der Waals surface area contributed by atoms with Crippen LogP contribution in [0.15, 0.2) is 30.3 Å². The van der Waals surface area contributed by atoms with E-state index < -0.39 is 5.97 Å². The van der Waals surface area contributed by atoms with E-state index in [9.17, 15) is 4.79 Å². The normalized spacial score (nSPS) is 18.0. The number of carboxylic acid groups (broad SMARTS) is 1. The highest BCUT2D eigenvalue weighted by molar-refractivity contribution is 5.88. The van der Waals surface area contributed by atoms with Gasteiger partial charge in [-0.25, -0.2) is 14.8 Å². The molecule has 1 aliphatic heterocycles. The van der Waals surface area contributed by atoms with Crippen molar-refractivity contribution in [3.63, 3.8) is 0 Å². The van der Waals surface area contributed by atoms with Gasteiger partial charge in [-0.1, -0.05) is 12.1 Å². The van der Waals surface area contributed by atoms with Gasteiger partial charge < -0.3 is 14.7 Å². The van der Waals surface area contributed by atoms with Crippen molar-refractivity contribution in [1.82, 2.24) is 14.9 Å². The van der Waals surface area contributed by atoms with Gasteiger partial charge in [-0.05, 0) is 44.5 Å². The lowest BCUT2D eigenvalue weighted by Gasteiger charge is -2.32. The number of carbonyl (C=O) groups is 1. The summed E-state index contributed by atoms with van der Waals surface area (Å²) in [5.74, 6) is 0.211. The zero-order valence-corrected chi connectivity index (χ0v) is 15.3. The number of piperidine rings is 1. The number of aryl methyl sites for hydroxylation is 1. The van der Waals surface area contributed by atoms with Crippen LogP contribution in [0, 0.1) is 6.92 Å². The van der Waals surface area contributed by atoms with E-state index in [4.69, 9.17) is 9.84 Å². The highest BCUT2D eigenvalue weighted by atomic mass is 16.5. The number of nitrogens with zero attached hydrogens (tertiary/aromatic N) is 3. The molecule has 1 aliphatic rings. The fourth-order valence-corrected chi connectivity index (χ4v) is 3.45. The van der Waals surface area contributed by atoms with Crippen molar-refractivity contribution >= 4 is 5.97 Å². The second kappa shape index (κ2) is 8.38. The minimum Gasteiger partial charge on any atom is -0.478 e. The van der Waals surface area contributed by atoms with Crippen LogP contribution in [-0.2, 0) is 4.74 Å². The summed E-state index contributed by atoms with van der Waals surface area (Å²) in [5.41, 5.74) is 3.10. The predicted octanol–water partition coefficient (Wildman–Crippen LogP) is 2.98. The molecule has 0 amide bonds. The number of likely N-dealkylation sites (tertiary alicyclic amines) is 1. The SMILES string of the molecule is COCCN1CCC[C@@H](c2cc(-c3ccc(C(=O)O)cc3)nc(C)n2)C1. The quantitative estimate of drug-likeness (QED) is 0.858. The van der Waals surface area contributed by atoms with Crippen molar-refractivity contribution in [1.29, 1.82) is 0 Å². The third kappa shape index (κ3) is 4.45. The molecule has 1 aromatic carbocycles. The van der Waals surface area contributed by atoms with Gasteiger partial charge in [0.1, 0.15) is 5.82 Å². The molecule has 1 atom stereocenters. The van der Waals surface area contributed by atoms with Crippen molar-refractivity contribution < 1.29 is 14.6 Å². The molecule has 0 saturated carbocycles. The minimum atomic E-state index is -0.922. The van der Waals surface area contributed by atoms with E-state index in [2.05, 4.69) is 14.9 Å².